The molecule has 1 heterocycles. The molecule has 0 aliphatic rings. The minimum Gasteiger partial charge on any atom is -0.477 e. The summed E-state index contributed by atoms with van der Waals surface area (Å²) in [4.78, 5) is 18.9. The van der Waals surface area contributed by atoms with Crippen molar-refractivity contribution in [2.75, 3.05) is 5.73 Å². The minimum atomic E-state index is -1.18. The molecule has 0 bridgehead atoms. The zero-order valence-electron chi connectivity index (χ0n) is 10.4. The molecule has 0 radical (unpaired) electrons. The van der Waals surface area contributed by atoms with Gasteiger partial charge in [0.1, 0.15) is 17.2 Å². The maximum Gasteiger partial charge on any atom is 0.341 e. The van der Waals surface area contributed by atoms with Crippen LogP contribution in [0.25, 0.3) is 11.4 Å². The van der Waals surface area contributed by atoms with E-state index in [0.717, 1.165) is 0 Å². The first kappa shape index (κ1) is 12.9. The van der Waals surface area contributed by atoms with Crippen molar-refractivity contribution in [3.63, 3.8) is 0 Å². The average molecular weight is 261 g/mol. The quantitative estimate of drug-likeness (QED) is 0.864. The number of carboxylic acids is 1. The van der Waals surface area contributed by atoms with E-state index >= 15 is 0 Å². The van der Waals surface area contributed by atoms with Gasteiger partial charge in [-0.1, -0.05) is 12.1 Å². The first-order valence-corrected chi connectivity index (χ1v) is 5.54. The number of aromatic carboxylic acids is 1. The van der Waals surface area contributed by atoms with Crippen molar-refractivity contribution in [3.8, 4) is 11.4 Å². The van der Waals surface area contributed by atoms with Crippen LogP contribution in [-0.2, 0) is 0 Å². The van der Waals surface area contributed by atoms with Crippen LogP contribution >= 0.6 is 0 Å². The number of carbonyl (C=O) groups is 1. The van der Waals surface area contributed by atoms with Gasteiger partial charge in [0.15, 0.2) is 5.82 Å². The van der Waals surface area contributed by atoms with Crippen LogP contribution in [0.1, 0.15) is 21.6 Å². The molecule has 5 nitrogen and oxygen atoms in total. The van der Waals surface area contributed by atoms with Gasteiger partial charge in [-0.2, -0.15) is 0 Å². The number of anilines is 1. The Labute approximate surface area is 108 Å². The normalized spacial score (nSPS) is 10.5. The number of nitrogens with two attached hydrogens (primary N) is 1. The van der Waals surface area contributed by atoms with E-state index in [1.165, 1.54) is 13.0 Å². The summed E-state index contributed by atoms with van der Waals surface area (Å²) >= 11 is 0. The molecule has 0 spiro atoms. The van der Waals surface area contributed by atoms with E-state index in [1.807, 2.05) is 0 Å². The second-order valence-electron chi connectivity index (χ2n) is 4.16. The fraction of sp³-hybridized carbons (Fsp3) is 0.154. The molecule has 0 amide bonds. The van der Waals surface area contributed by atoms with Gasteiger partial charge >= 0.3 is 5.97 Å². The van der Waals surface area contributed by atoms with E-state index in [4.69, 9.17) is 10.8 Å². The zero-order valence-corrected chi connectivity index (χ0v) is 10.4. The molecule has 0 atom stereocenters. The molecule has 0 fully saturated rings. The Bertz CT molecular complexity index is 648. The fourth-order valence-electron chi connectivity index (χ4n) is 1.72. The average Bonchev–Trinajstić information content (AvgIpc) is 2.31. The highest BCUT2D eigenvalue weighted by Gasteiger charge is 2.16. The van der Waals surface area contributed by atoms with Crippen LogP contribution in [0.3, 0.4) is 0 Å². The summed E-state index contributed by atoms with van der Waals surface area (Å²) < 4.78 is 13.5. The summed E-state index contributed by atoms with van der Waals surface area (Å²) in [5.74, 6) is -1.48. The summed E-state index contributed by atoms with van der Waals surface area (Å²) in [5, 5.41) is 8.97. The van der Waals surface area contributed by atoms with Gasteiger partial charge < -0.3 is 10.8 Å². The van der Waals surface area contributed by atoms with Crippen LogP contribution in [0, 0.1) is 19.7 Å². The molecule has 2 rings (SSSR count). The first-order valence-electron chi connectivity index (χ1n) is 5.54. The number of benzene rings is 1. The van der Waals surface area contributed by atoms with Gasteiger partial charge in [-0.05, 0) is 25.5 Å². The van der Waals surface area contributed by atoms with Crippen molar-refractivity contribution in [1.82, 2.24) is 9.97 Å². The standard InChI is InChI=1S/C13H12FN3O2/c1-6-3-4-8(5-9(6)14)12-16-7(2)10(13(18)19)11(15)17-12/h3-5H,1-2H3,(H,18,19)(H2,15,16,17). The van der Waals surface area contributed by atoms with Gasteiger partial charge in [-0.25, -0.2) is 19.2 Å². The second kappa shape index (κ2) is 4.64. The summed E-state index contributed by atoms with van der Waals surface area (Å²) in [6, 6.07) is 4.56. The van der Waals surface area contributed by atoms with Crippen molar-refractivity contribution >= 4 is 11.8 Å². The van der Waals surface area contributed by atoms with Crippen LogP contribution in [0.2, 0.25) is 0 Å². The van der Waals surface area contributed by atoms with E-state index < -0.39 is 5.97 Å². The molecular formula is C13H12FN3O2. The maximum atomic E-state index is 13.5. The molecule has 3 N–H and O–H groups in total. The van der Waals surface area contributed by atoms with Crippen LogP contribution in [-0.4, -0.2) is 21.0 Å². The lowest BCUT2D eigenvalue weighted by Crippen LogP contribution is -2.10. The number of hydrogen-bond acceptors (Lipinski definition) is 4. The number of hydrogen-bond donors (Lipinski definition) is 2. The summed E-state index contributed by atoms with van der Waals surface area (Å²) in [7, 11) is 0. The number of nitrogen functional groups attached to an aromatic ring is 1. The number of halogens is 1. The van der Waals surface area contributed by atoms with Gasteiger partial charge in [0.2, 0.25) is 0 Å². The largest absolute Gasteiger partial charge is 0.477 e. The van der Waals surface area contributed by atoms with Gasteiger partial charge in [0.05, 0.1) is 5.69 Å². The highest BCUT2D eigenvalue weighted by Crippen LogP contribution is 2.22. The fourth-order valence-corrected chi connectivity index (χ4v) is 1.72. The molecule has 0 aliphatic carbocycles. The Balaban J connectivity index is 2.58. The molecule has 0 aliphatic heterocycles. The molecule has 0 saturated carbocycles. The Hall–Kier alpha value is -2.50. The topological polar surface area (TPSA) is 89.1 Å². The Kier molecular flexibility index (Phi) is 3.16. The Morgan fingerprint density at radius 1 is 1.32 bits per heavy atom. The number of rotatable bonds is 2. The molecular weight excluding hydrogens is 249 g/mol. The number of nitrogens with zero attached hydrogens (tertiary/aromatic N) is 2. The summed E-state index contributed by atoms with van der Waals surface area (Å²) in [5.41, 5.74) is 6.68. The van der Waals surface area contributed by atoms with Crippen LogP contribution < -0.4 is 5.73 Å². The van der Waals surface area contributed by atoms with Crippen LogP contribution in [0.5, 0.6) is 0 Å². The van der Waals surface area contributed by atoms with E-state index in [1.54, 1.807) is 19.1 Å². The number of carboxylic acid groups (broad SMARTS) is 1. The van der Waals surface area contributed by atoms with Gasteiger partial charge in [0, 0.05) is 5.56 Å². The zero-order chi connectivity index (χ0) is 14.2. The SMILES string of the molecule is Cc1ccc(-c2nc(C)c(C(=O)O)c(N)n2)cc1F. The third-order valence-electron chi connectivity index (χ3n) is 2.76. The molecule has 0 saturated heterocycles. The van der Waals surface area contributed by atoms with E-state index in [2.05, 4.69) is 9.97 Å². The number of aromatic nitrogens is 2. The summed E-state index contributed by atoms with van der Waals surface area (Å²) in [6.45, 7) is 3.17. The van der Waals surface area contributed by atoms with Crippen LogP contribution in [0.4, 0.5) is 10.2 Å². The molecule has 1 aromatic heterocycles. The predicted octanol–water partition coefficient (Wildman–Crippen LogP) is 2.18. The smallest absolute Gasteiger partial charge is 0.341 e. The monoisotopic (exact) mass is 261 g/mol. The maximum absolute atomic E-state index is 13.5. The van der Waals surface area contributed by atoms with E-state index in [9.17, 15) is 9.18 Å². The van der Waals surface area contributed by atoms with Gasteiger partial charge in [-0.3, -0.25) is 0 Å². The first-order chi connectivity index (χ1) is 8.90. The molecule has 19 heavy (non-hydrogen) atoms. The molecule has 0 unspecified atom stereocenters. The van der Waals surface area contributed by atoms with E-state index in [0.29, 0.717) is 11.1 Å². The Morgan fingerprint density at radius 3 is 2.53 bits per heavy atom. The lowest BCUT2D eigenvalue weighted by Gasteiger charge is -2.07. The minimum absolute atomic E-state index is 0.128. The third-order valence-corrected chi connectivity index (χ3v) is 2.76. The van der Waals surface area contributed by atoms with Crippen molar-refractivity contribution in [2.45, 2.75) is 13.8 Å². The Morgan fingerprint density at radius 2 is 2.00 bits per heavy atom. The van der Waals surface area contributed by atoms with E-state index in [-0.39, 0.29) is 28.7 Å². The van der Waals surface area contributed by atoms with Gasteiger partial charge in [0.25, 0.3) is 0 Å². The van der Waals surface area contributed by atoms with Crippen molar-refractivity contribution < 1.29 is 14.3 Å². The lowest BCUT2D eigenvalue weighted by atomic mass is 10.1. The third kappa shape index (κ3) is 2.37. The lowest BCUT2D eigenvalue weighted by molar-refractivity contribution is 0.0696. The van der Waals surface area contributed by atoms with Crippen LogP contribution in [0.15, 0.2) is 18.2 Å². The molecule has 1 aromatic carbocycles. The molecule has 6 heteroatoms. The van der Waals surface area contributed by atoms with Crippen molar-refractivity contribution in [3.05, 3.63) is 40.8 Å². The highest BCUT2D eigenvalue weighted by atomic mass is 19.1. The highest BCUT2D eigenvalue weighted by molar-refractivity contribution is 5.94. The predicted molar refractivity (Wildman–Crippen MR) is 68.3 cm³/mol. The number of aryl methyl sites for hydroxylation is 2. The van der Waals surface area contributed by atoms with Gasteiger partial charge in [-0.15, -0.1) is 0 Å². The molecule has 98 valence electrons. The summed E-state index contributed by atoms with van der Waals surface area (Å²) in [6.07, 6.45) is 0. The van der Waals surface area contributed by atoms with Crippen molar-refractivity contribution in [2.24, 2.45) is 0 Å². The molecule has 2 aromatic rings. The second-order valence-corrected chi connectivity index (χ2v) is 4.16. The van der Waals surface area contributed by atoms with Crippen molar-refractivity contribution in [1.29, 1.82) is 0 Å².